The van der Waals surface area contributed by atoms with Crippen LogP contribution in [0.25, 0.3) is 10.4 Å². The lowest BCUT2D eigenvalue weighted by Crippen LogP contribution is -2.14. The largest absolute Gasteiger partial charge is 0.491 e. The molecule has 1 aromatic rings. The fraction of sp³-hybridized carbons (Fsp3) is 0.538. The van der Waals surface area contributed by atoms with Gasteiger partial charge in [-0.3, -0.25) is 0 Å². The van der Waals surface area contributed by atoms with Crippen LogP contribution < -0.4 is 4.74 Å². The molecule has 0 radical (unpaired) electrons. The summed E-state index contributed by atoms with van der Waals surface area (Å²) >= 11 is 0. The second-order valence-corrected chi connectivity index (χ2v) is 4.49. The molecule has 98 valence electrons. The Morgan fingerprint density at radius 1 is 1.39 bits per heavy atom. The number of para-hydroxylation sites is 1. The fourth-order valence-corrected chi connectivity index (χ4v) is 1.64. The summed E-state index contributed by atoms with van der Waals surface area (Å²) in [6, 6.07) is 7.73. The molecule has 2 atom stereocenters. The molecule has 5 nitrogen and oxygen atoms in total. The quantitative estimate of drug-likeness (QED) is 0.458. The molecule has 18 heavy (non-hydrogen) atoms. The van der Waals surface area contributed by atoms with Crippen LogP contribution in [-0.2, 0) is 6.42 Å². The summed E-state index contributed by atoms with van der Waals surface area (Å²) in [6.45, 7) is 4.47. The highest BCUT2D eigenvalue weighted by Crippen LogP contribution is 2.21. The molecular formula is C13H19N3O2. The van der Waals surface area contributed by atoms with E-state index in [0.29, 0.717) is 6.54 Å². The van der Waals surface area contributed by atoms with Crippen molar-refractivity contribution < 1.29 is 9.84 Å². The fourth-order valence-electron chi connectivity index (χ4n) is 1.64. The number of azide groups is 1. The third kappa shape index (κ3) is 5.08. The summed E-state index contributed by atoms with van der Waals surface area (Å²) in [6.07, 6.45) is 0.299. The molecule has 1 aromatic carbocycles. The Balaban J connectivity index is 2.66. The van der Waals surface area contributed by atoms with E-state index in [1.54, 1.807) is 6.92 Å². The van der Waals surface area contributed by atoms with Crippen LogP contribution in [0.3, 0.4) is 0 Å². The van der Waals surface area contributed by atoms with E-state index in [2.05, 4.69) is 10.0 Å². The molecule has 1 rings (SSSR count). The molecular weight excluding hydrogens is 230 g/mol. The molecule has 1 N–H and O–H groups in total. The number of rotatable bonds is 7. The Labute approximate surface area is 107 Å². The normalized spacial score (nSPS) is 13.5. The molecule has 0 fully saturated rings. The highest BCUT2D eigenvalue weighted by molar-refractivity contribution is 5.33. The van der Waals surface area contributed by atoms with Crippen molar-refractivity contribution >= 4 is 0 Å². The molecule has 2 unspecified atom stereocenters. The van der Waals surface area contributed by atoms with Gasteiger partial charge in [0.15, 0.2) is 0 Å². The Morgan fingerprint density at radius 3 is 2.78 bits per heavy atom. The molecule has 5 heteroatoms. The molecule has 0 heterocycles. The van der Waals surface area contributed by atoms with Crippen LogP contribution in [0.4, 0.5) is 0 Å². The first-order valence-electron chi connectivity index (χ1n) is 6.03. The molecule has 0 spiro atoms. The van der Waals surface area contributed by atoms with Gasteiger partial charge in [0.1, 0.15) is 12.4 Å². The number of ether oxygens (including phenoxy) is 1. The van der Waals surface area contributed by atoms with Gasteiger partial charge in [-0.2, -0.15) is 0 Å². The zero-order valence-corrected chi connectivity index (χ0v) is 10.8. The van der Waals surface area contributed by atoms with Crippen LogP contribution in [0.15, 0.2) is 29.4 Å². The summed E-state index contributed by atoms with van der Waals surface area (Å²) in [5.74, 6) is 1.04. The number of nitrogens with zero attached hydrogens (tertiary/aromatic N) is 3. The topological polar surface area (TPSA) is 78.2 Å². The predicted octanol–water partition coefficient (Wildman–Crippen LogP) is 2.94. The lowest BCUT2D eigenvalue weighted by atomic mass is 10.0. The van der Waals surface area contributed by atoms with E-state index >= 15 is 0 Å². The third-order valence-electron chi connectivity index (χ3n) is 2.48. The van der Waals surface area contributed by atoms with E-state index in [4.69, 9.17) is 10.3 Å². The maximum absolute atomic E-state index is 9.22. The van der Waals surface area contributed by atoms with Crippen molar-refractivity contribution in [2.45, 2.75) is 26.4 Å². The maximum Gasteiger partial charge on any atom is 0.122 e. The smallest absolute Gasteiger partial charge is 0.122 e. The minimum Gasteiger partial charge on any atom is -0.491 e. The van der Waals surface area contributed by atoms with Gasteiger partial charge >= 0.3 is 0 Å². The van der Waals surface area contributed by atoms with E-state index in [9.17, 15) is 5.11 Å². The van der Waals surface area contributed by atoms with Gasteiger partial charge in [-0.1, -0.05) is 30.2 Å². The molecule has 0 saturated carbocycles. The Morgan fingerprint density at radius 2 is 2.11 bits per heavy atom. The van der Waals surface area contributed by atoms with Crippen LogP contribution in [0, 0.1) is 5.92 Å². The second-order valence-electron chi connectivity index (χ2n) is 4.49. The number of aliphatic hydroxyl groups is 1. The minimum atomic E-state index is -0.487. The standard InChI is InChI=1S/C13H19N3O2/c1-10(8-15-16-14)7-12-5-3-4-6-13(12)18-9-11(2)17/h3-6,10-11,17H,7-9H2,1-2H3. The van der Waals surface area contributed by atoms with Crippen molar-refractivity contribution in [3.63, 3.8) is 0 Å². The maximum atomic E-state index is 9.22. The molecule has 0 aliphatic carbocycles. The van der Waals surface area contributed by atoms with Gasteiger partial charge in [0.05, 0.1) is 6.10 Å². The average molecular weight is 249 g/mol. The summed E-state index contributed by atoms with van der Waals surface area (Å²) in [5, 5.41) is 12.8. The van der Waals surface area contributed by atoms with Crippen LogP contribution in [0.2, 0.25) is 0 Å². The molecule has 0 aliphatic rings. The van der Waals surface area contributed by atoms with Crippen molar-refractivity contribution in [1.82, 2.24) is 0 Å². The number of benzene rings is 1. The predicted molar refractivity (Wildman–Crippen MR) is 70.5 cm³/mol. The Bertz CT molecular complexity index is 414. The van der Waals surface area contributed by atoms with Gasteiger partial charge in [0.25, 0.3) is 0 Å². The SMILES string of the molecule is CC(O)COc1ccccc1CC(C)CN=[N+]=[N-]. The lowest BCUT2D eigenvalue weighted by Gasteiger charge is -2.14. The Kier molecular flexibility index (Phi) is 6.05. The summed E-state index contributed by atoms with van der Waals surface area (Å²) in [5.41, 5.74) is 9.36. The van der Waals surface area contributed by atoms with Crippen LogP contribution >= 0.6 is 0 Å². The van der Waals surface area contributed by atoms with Crippen molar-refractivity contribution in [2.75, 3.05) is 13.2 Å². The average Bonchev–Trinajstić information content (AvgIpc) is 2.35. The number of hydrogen-bond donors (Lipinski definition) is 1. The molecule has 0 saturated heterocycles. The third-order valence-corrected chi connectivity index (χ3v) is 2.48. The van der Waals surface area contributed by atoms with Crippen molar-refractivity contribution in [2.24, 2.45) is 11.0 Å². The lowest BCUT2D eigenvalue weighted by molar-refractivity contribution is 0.122. The first-order chi connectivity index (χ1) is 8.63. The summed E-state index contributed by atoms with van der Waals surface area (Å²) in [4.78, 5) is 2.76. The molecule has 0 aromatic heterocycles. The van der Waals surface area contributed by atoms with Crippen LogP contribution in [0.1, 0.15) is 19.4 Å². The Hall–Kier alpha value is -1.71. The van der Waals surface area contributed by atoms with Crippen LogP contribution in [0.5, 0.6) is 5.75 Å². The van der Waals surface area contributed by atoms with E-state index < -0.39 is 6.10 Å². The second kappa shape index (κ2) is 7.58. The van der Waals surface area contributed by atoms with Crippen molar-refractivity contribution in [3.05, 3.63) is 40.3 Å². The zero-order valence-electron chi connectivity index (χ0n) is 10.8. The highest BCUT2D eigenvalue weighted by Gasteiger charge is 2.08. The zero-order chi connectivity index (χ0) is 13.4. The first kappa shape index (κ1) is 14.4. The van der Waals surface area contributed by atoms with Gasteiger partial charge in [0.2, 0.25) is 0 Å². The van der Waals surface area contributed by atoms with Gasteiger partial charge in [-0.05, 0) is 36.4 Å². The van der Waals surface area contributed by atoms with Crippen molar-refractivity contribution in [3.8, 4) is 5.75 Å². The van der Waals surface area contributed by atoms with E-state index in [1.165, 1.54) is 0 Å². The van der Waals surface area contributed by atoms with Gasteiger partial charge in [-0.25, -0.2) is 0 Å². The first-order valence-corrected chi connectivity index (χ1v) is 6.03. The summed E-state index contributed by atoms with van der Waals surface area (Å²) < 4.78 is 5.55. The number of aliphatic hydroxyl groups excluding tert-OH is 1. The minimum absolute atomic E-state index is 0.261. The van der Waals surface area contributed by atoms with E-state index in [-0.39, 0.29) is 12.5 Å². The van der Waals surface area contributed by atoms with E-state index in [1.807, 2.05) is 31.2 Å². The van der Waals surface area contributed by atoms with E-state index in [0.717, 1.165) is 17.7 Å². The summed E-state index contributed by atoms with van der Waals surface area (Å²) in [7, 11) is 0. The number of hydrogen-bond acceptors (Lipinski definition) is 3. The molecule has 0 aliphatic heterocycles. The van der Waals surface area contributed by atoms with Crippen LogP contribution in [-0.4, -0.2) is 24.4 Å². The van der Waals surface area contributed by atoms with Gasteiger partial charge in [-0.15, -0.1) is 0 Å². The van der Waals surface area contributed by atoms with Crippen molar-refractivity contribution in [1.29, 1.82) is 0 Å². The van der Waals surface area contributed by atoms with Gasteiger partial charge in [0, 0.05) is 11.5 Å². The van der Waals surface area contributed by atoms with Gasteiger partial charge < -0.3 is 9.84 Å². The molecule has 0 amide bonds. The highest BCUT2D eigenvalue weighted by atomic mass is 16.5. The monoisotopic (exact) mass is 249 g/mol. The molecule has 0 bridgehead atoms.